The lowest BCUT2D eigenvalue weighted by Crippen LogP contribution is -2.10. The molecular weight excluding hydrogens is 344 g/mol. The van der Waals surface area contributed by atoms with Crippen molar-refractivity contribution >= 4 is 29.5 Å². The fraction of sp³-hybridized carbons (Fsp3) is 0.190. The van der Waals surface area contributed by atoms with Gasteiger partial charge in [-0.05, 0) is 42.7 Å². The van der Waals surface area contributed by atoms with E-state index in [1.807, 2.05) is 36.4 Å². The van der Waals surface area contributed by atoms with Crippen molar-refractivity contribution in [3.8, 4) is 0 Å². The molecule has 0 bridgehead atoms. The molecular formula is C21H22N2O4. The molecule has 0 aliphatic carbocycles. The van der Waals surface area contributed by atoms with Gasteiger partial charge >= 0.3 is 5.97 Å². The summed E-state index contributed by atoms with van der Waals surface area (Å²) in [7, 11) is 0. The van der Waals surface area contributed by atoms with Gasteiger partial charge in [-0.3, -0.25) is 10.1 Å². The number of carbonyl (C=O) groups excluding carboxylic acids is 1. The number of carbonyl (C=O) groups is 1. The number of hydrogen-bond acceptors (Lipinski definition) is 5. The van der Waals surface area contributed by atoms with E-state index < -0.39 is 4.92 Å². The zero-order valence-corrected chi connectivity index (χ0v) is 15.2. The van der Waals surface area contributed by atoms with E-state index in [2.05, 4.69) is 11.9 Å². The highest BCUT2D eigenvalue weighted by molar-refractivity contribution is 5.86. The van der Waals surface area contributed by atoms with Crippen molar-refractivity contribution in [3.05, 3.63) is 81.9 Å². The van der Waals surface area contributed by atoms with Crippen molar-refractivity contribution < 1.29 is 14.5 Å². The Balaban J connectivity index is 1.92. The highest BCUT2D eigenvalue weighted by atomic mass is 16.6. The van der Waals surface area contributed by atoms with Crippen LogP contribution < -0.4 is 5.32 Å². The molecule has 140 valence electrons. The molecule has 2 aromatic carbocycles. The summed E-state index contributed by atoms with van der Waals surface area (Å²) in [6.45, 7) is 6.15. The molecule has 0 aliphatic heterocycles. The zero-order chi connectivity index (χ0) is 19.6. The molecule has 0 amide bonds. The summed E-state index contributed by atoms with van der Waals surface area (Å²) in [5.74, 6) is -0.374. The minimum absolute atomic E-state index is 0.0709. The first-order valence-corrected chi connectivity index (χ1v) is 8.55. The number of benzene rings is 2. The maximum atomic E-state index is 11.3. The summed E-state index contributed by atoms with van der Waals surface area (Å²) >= 11 is 0. The Labute approximate surface area is 158 Å². The fourth-order valence-corrected chi connectivity index (χ4v) is 2.28. The van der Waals surface area contributed by atoms with E-state index >= 15 is 0 Å². The number of rotatable bonds is 9. The van der Waals surface area contributed by atoms with Gasteiger partial charge in [-0.15, -0.1) is 0 Å². The van der Waals surface area contributed by atoms with Crippen LogP contribution in [0.1, 0.15) is 24.5 Å². The van der Waals surface area contributed by atoms with Crippen LogP contribution in [0.25, 0.3) is 12.2 Å². The van der Waals surface area contributed by atoms with Gasteiger partial charge < -0.3 is 10.1 Å². The van der Waals surface area contributed by atoms with Crippen molar-refractivity contribution in [2.45, 2.75) is 13.3 Å². The normalized spacial score (nSPS) is 10.6. The summed E-state index contributed by atoms with van der Waals surface area (Å²) in [6.07, 6.45) is 4.53. The molecule has 0 radical (unpaired) electrons. The summed E-state index contributed by atoms with van der Waals surface area (Å²) in [5, 5.41) is 14.0. The minimum Gasteiger partial charge on any atom is -0.462 e. The van der Waals surface area contributed by atoms with Gasteiger partial charge in [-0.25, -0.2) is 4.79 Å². The Hall–Kier alpha value is -3.41. The lowest BCUT2D eigenvalue weighted by atomic mass is 10.1. The molecule has 2 aromatic rings. The van der Waals surface area contributed by atoms with Gasteiger partial charge in [-0.1, -0.05) is 36.9 Å². The standard InChI is InChI=1S/C21H22N2O4/c1-16(2)21(24)27-15-5-14-22-20-7-4-3-6-18(20)11-8-17-9-12-19(13-10-17)23(25)26/h3-4,6-13,22H,1,5,14-15H2,2H3. The quantitative estimate of drug-likeness (QED) is 0.174. The van der Waals surface area contributed by atoms with Gasteiger partial charge in [0.05, 0.1) is 11.5 Å². The van der Waals surface area contributed by atoms with Crippen molar-refractivity contribution in [2.24, 2.45) is 0 Å². The fourth-order valence-electron chi connectivity index (χ4n) is 2.28. The number of esters is 1. The van der Waals surface area contributed by atoms with E-state index in [0.717, 1.165) is 16.8 Å². The molecule has 27 heavy (non-hydrogen) atoms. The predicted octanol–water partition coefficient (Wildman–Crippen LogP) is 4.69. The Morgan fingerprint density at radius 1 is 1.19 bits per heavy atom. The number of nitro benzene ring substituents is 1. The SMILES string of the molecule is C=C(C)C(=O)OCCCNc1ccccc1C=Cc1ccc([N+](=O)[O-])cc1. The Bertz CT molecular complexity index is 842. The van der Waals surface area contributed by atoms with Crippen LogP contribution in [0.3, 0.4) is 0 Å². The van der Waals surface area contributed by atoms with Crippen LogP contribution in [0.2, 0.25) is 0 Å². The third-order valence-corrected chi connectivity index (χ3v) is 3.74. The maximum Gasteiger partial charge on any atom is 0.333 e. The zero-order valence-electron chi connectivity index (χ0n) is 15.2. The van der Waals surface area contributed by atoms with Crippen LogP contribution in [0.5, 0.6) is 0 Å². The van der Waals surface area contributed by atoms with Crippen LogP contribution >= 0.6 is 0 Å². The molecule has 0 fully saturated rings. The molecule has 1 N–H and O–H groups in total. The first kappa shape index (κ1) is 19.9. The second-order valence-corrected chi connectivity index (χ2v) is 5.97. The molecule has 0 atom stereocenters. The molecule has 0 saturated heterocycles. The second-order valence-electron chi connectivity index (χ2n) is 5.97. The molecule has 0 aromatic heterocycles. The van der Waals surface area contributed by atoms with Crippen LogP contribution in [-0.4, -0.2) is 24.0 Å². The number of hydrogen-bond donors (Lipinski definition) is 1. The largest absolute Gasteiger partial charge is 0.462 e. The van der Waals surface area contributed by atoms with Crippen molar-refractivity contribution in [1.82, 2.24) is 0 Å². The number of para-hydroxylation sites is 1. The van der Waals surface area contributed by atoms with E-state index in [1.165, 1.54) is 12.1 Å². The average molecular weight is 366 g/mol. The van der Waals surface area contributed by atoms with E-state index in [-0.39, 0.29) is 11.7 Å². The van der Waals surface area contributed by atoms with Crippen molar-refractivity contribution in [1.29, 1.82) is 0 Å². The first-order valence-electron chi connectivity index (χ1n) is 8.55. The first-order chi connectivity index (χ1) is 13.0. The van der Waals surface area contributed by atoms with Crippen LogP contribution in [-0.2, 0) is 9.53 Å². The number of ether oxygens (including phenoxy) is 1. The van der Waals surface area contributed by atoms with E-state index in [0.29, 0.717) is 25.1 Å². The minimum atomic E-state index is -0.416. The van der Waals surface area contributed by atoms with E-state index in [1.54, 1.807) is 19.1 Å². The predicted molar refractivity (Wildman–Crippen MR) is 107 cm³/mol. The summed E-state index contributed by atoms with van der Waals surface area (Å²) in [6, 6.07) is 14.2. The highest BCUT2D eigenvalue weighted by Crippen LogP contribution is 2.19. The van der Waals surface area contributed by atoms with E-state index in [9.17, 15) is 14.9 Å². The van der Waals surface area contributed by atoms with Crippen LogP contribution in [0, 0.1) is 10.1 Å². The van der Waals surface area contributed by atoms with Gasteiger partial charge in [0.15, 0.2) is 0 Å². The van der Waals surface area contributed by atoms with Crippen LogP contribution in [0.4, 0.5) is 11.4 Å². The third kappa shape index (κ3) is 6.43. The second kappa shape index (κ2) is 9.91. The lowest BCUT2D eigenvalue weighted by Gasteiger charge is -2.10. The van der Waals surface area contributed by atoms with Gasteiger partial charge in [0.25, 0.3) is 5.69 Å². The Morgan fingerprint density at radius 3 is 2.56 bits per heavy atom. The Morgan fingerprint density at radius 2 is 1.89 bits per heavy atom. The topological polar surface area (TPSA) is 81.5 Å². The van der Waals surface area contributed by atoms with E-state index in [4.69, 9.17) is 4.74 Å². The molecule has 6 nitrogen and oxygen atoms in total. The highest BCUT2D eigenvalue weighted by Gasteiger charge is 2.04. The third-order valence-electron chi connectivity index (χ3n) is 3.74. The molecule has 0 unspecified atom stereocenters. The summed E-state index contributed by atoms with van der Waals surface area (Å²) in [5.41, 5.74) is 3.30. The smallest absolute Gasteiger partial charge is 0.333 e. The van der Waals surface area contributed by atoms with Gasteiger partial charge in [0.1, 0.15) is 0 Å². The number of nitro groups is 1. The summed E-state index contributed by atoms with van der Waals surface area (Å²) < 4.78 is 5.06. The average Bonchev–Trinajstić information content (AvgIpc) is 2.67. The summed E-state index contributed by atoms with van der Waals surface area (Å²) in [4.78, 5) is 21.6. The molecule has 0 saturated carbocycles. The molecule has 0 heterocycles. The molecule has 0 spiro atoms. The molecule has 6 heteroatoms. The number of non-ortho nitro benzene ring substituents is 1. The monoisotopic (exact) mass is 366 g/mol. The maximum absolute atomic E-state index is 11.3. The molecule has 0 aliphatic rings. The van der Waals surface area contributed by atoms with Crippen LogP contribution in [0.15, 0.2) is 60.7 Å². The Kier molecular flexibility index (Phi) is 7.31. The van der Waals surface area contributed by atoms with Gasteiger partial charge in [-0.2, -0.15) is 0 Å². The number of nitrogens with zero attached hydrogens (tertiary/aromatic N) is 1. The van der Waals surface area contributed by atoms with Crippen molar-refractivity contribution in [2.75, 3.05) is 18.5 Å². The van der Waals surface area contributed by atoms with Crippen molar-refractivity contribution in [3.63, 3.8) is 0 Å². The number of nitrogens with one attached hydrogen (secondary N) is 1. The van der Waals surface area contributed by atoms with Gasteiger partial charge in [0.2, 0.25) is 0 Å². The number of anilines is 1. The lowest BCUT2D eigenvalue weighted by molar-refractivity contribution is -0.384. The molecule has 2 rings (SSSR count). The van der Waals surface area contributed by atoms with Gasteiger partial charge in [0, 0.05) is 29.9 Å².